The Morgan fingerprint density at radius 3 is 2.61 bits per heavy atom. The zero-order chi connectivity index (χ0) is 16.4. The number of amides is 1. The van der Waals surface area contributed by atoms with Crippen molar-refractivity contribution in [2.24, 2.45) is 5.92 Å². The Labute approximate surface area is 146 Å². The van der Waals surface area contributed by atoms with Gasteiger partial charge >= 0.3 is 0 Å². The van der Waals surface area contributed by atoms with Gasteiger partial charge in [0.25, 0.3) is 5.91 Å². The first-order valence-corrected chi connectivity index (χ1v) is 9.17. The summed E-state index contributed by atoms with van der Waals surface area (Å²) >= 11 is 3.48. The van der Waals surface area contributed by atoms with Gasteiger partial charge in [-0.15, -0.1) is 0 Å². The number of benzene rings is 1. The van der Waals surface area contributed by atoms with E-state index in [0.717, 1.165) is 23.9 Å². The van der Waals surface area contributed by atoms with Crippen molar-refractivity contribution in [1.29, 1.82) is 0 Å². The predicted octanol–water partition coefficient (Wildman–Crippen LogP) is 4.26. The number of likely N-dealkylation sites (tertiary alicyclic amines) is 1. The normalized spacial score (nSPS) is 24.0. The van der Waals surface area contributed by atoms with Crippen LogP contribution >= 0.6 is 15.9 Å². The van der Waals surface area contributed by atoms with Gasteiger partial charge in [-0.2, -0.15) is 0 Å². The van der Waals surface area contributed by atoms with Gasteiger partial charge in [0.05, 0.1) is 24.3 Å². The summed E-state index contributed by atoms with van der Waals surface area (Å²) < 4.78 is 11.5. The number of rotatable bonds is 3. The average Bonchev–Trinajstić information content (AvgIpc) is 2.59. The molecule has 1 heterocycles. The Morgan fingerprint density at radius 1 is 1.13 bits per heavy atom. The van der Waals surface area contributed by atoms with Gasteiger partial charge in [0.2, 0.25) is 0 Å². The van der Waals surface area contributed by atoms with E-state index in [2.05, 4.69) is 20.8 Å². The molecule has 0 radical (unpaired) electrons. The number of carbonyl (C=O) groups excluding carboxylic acids is 1. The lowest BCUT2D eigenvalue weighted by molar-refractivity contribution is 0.0387. The van der Waals surface area contributed by atoms with Crippen LogP contribution in [-0.2, 0) is 0 Å². The molecule has 1 aliphatic heterocycles. The highest BCUT2D eigenvalue weighted by atomic mass is 79.9. The number of fused-ring (bicyclic) bond motifs is 1. The van der Waals surface area contributed by atoms with Crippen LogP contribution in [0.25, 0.3) is 0 Å². The van der Waals surface area contributed by atoms with E-state index in [1.807, 2.05) is 6.07 Å². The largest absolute Gasteiger partial charge is 0.497 e. The molecule has 2 aliphatic rings. The maximum atomic E-state index is 13.2. The van der Waals surface area contributed by atoms with Gasteiger partial charge in [0, 0.05) is 12.6 Å². The first-order valence-electron chi connectivity index (χ1n) is 8.38. The molecule has 4 nitrogen and oxygen atoms in total. The summed E-state index contributed by atoms with van der Waals surface area (Å²) in [7, 11) is 3.21. The Kier molecular flexibility index (Phi) is 5.14. The summed E-state index contributed by atoms with van der Waals surface area (Å²) in [4.78, 5) is 15.3. The van der Waals surface area contributed by atoms with Crippen molar-refractivity contribution in [2.45, 2.75) is 44.6 Å². The number of halogens is 1. The van der Waals surface area contributed by atoms with Crippen LogP contribution in [0.1, 0.15) is 48.9 Å². The zero-order valence-corrected chi connectivity index (χ0v) is 15.4. The number of piperidine rings is 1. The van der Waals surface area contributed by atoms with Crippen LogP contribution in [-0.4, -0.2) is 37.6 Å². The molecule has 0 N–H and O–H groups in total. The predicted molar refractivity (Wildman–Crippen MR) is 93.3 cm³/mol. The summed E-state index contributed by atoms with van der Waals surface area (Å²) in [6, 6.07) is 4.01. The average molecular weight is 382 g/mol. The first kappa shape index (κ1) is 16.6. The molecule has 1 saturated heterocycles. The fourth-order valence-electron chi connectivity index (χ4n) is 4.08. The summed E-state index contributed by atoms with van der Waals surface area (Å²) in [5.74, 6) is 1.99. The second kappa shape index (κ2) is 7.12. The number of nitrogens with zero attached hydrogens (tertiary/aromatic N) is 1. The molecule has 1 aliphatic carbocycles. The zero-order valence-electron chi connectivity index (χ0n) is 13.8. The van der Waals surface area contributed by atoms with E-state index >= 15 is 0 Å². The number of carbonyl (C=O) groups is 1. The fraction of sp³-hybridized carbons (Fsp3) is 0.611. The quantitative estimate of drug-likeness (QED) is 0.784. The second-order valence-corrected chi connectivity index (χ2v) is 7.30. The topological polar surface area (TPSA) is 38.8 Å². The Hall–Kier alpha value is -1.23. The highest BCUT2D eigenvalue weighted by molar-refractivity contribution is 9.10. The summed E-state index contributed by atoms with van der Waals surface area (Å²) in [5, 5.41) is 0. The molecule has 2 fully saturated rings. The van der Waals surface area contributed by atoms with Gasteiger partial charge in [0.15, 0.2) is 0 Å². The van der Waals surface area contributed by atoms with Gasteiger partial charge in [-0.1, -0.05) is 12.8 Å². The number of methoxy groups -OCH3 is 2. The van der Waals surface area contributed by atoms with Crippen molar-refractivity contribution in [3.05, 3.63) is 22.2 Å². The highest BCUT2D eigenvalue weighted by Crippen LogP contribution is 2.39. The smallest absolute Gasteiger partial charge is 0.258 e. The molecule has 1 saturated carbocycles. The number of hydrogen-bond acceptors (Lipinski definition) is 3. The van der Waals surface area contributed by atoms with Crippen molar-refractivity contribution in [3.8, 4) is 11.5 Å². The Bertz CT molecular complexity index is 588. The molecule has 126 valence electrons. The first-order chi connectivity index (χ1) is 11.2. The molecular weight excluding hydrogens is 358 g/mol. The van der Waals surface area contributed by atoms with E-state index in [9.17, 15) is 4.79 Å². The van der Waals surface area contributed by atoms with E-state index in [4.69, 9.17) is 9.47 Å². The minimum atomic E-state index is 0.0676. The van der Waals surface area contributed by atoms with Crippen molar-refractivity contribution >= 4 is 21.8 Å². The number of ether oxygens (including phenoxy) is 2. The van der Waals surface area contributed by atoms with E-state index in [-0.39, 0.29) is 5.91 Å². The molecule has 5 heteroatoms. The van der Waals surface area contributed by atoms with E-state index in [0.29, 0.717) is 29.0 Å². The van der Waals surface area contributed by atoms with Crippen molar-refractivity contribution in [3.63, 3.8) is 0 Å². The minimum Gasteiger partial charge on any atom is -0.497 e. The summed E-state index contributed by atoms with van der Waals surface area (Å²) in [6.07, 6.45) is 7.27. The second-order valence-electron chi connectivity index (χ2n) is 6.44. The van der Waals surface area contributed by atoms with Gasteiger partial charge in [-0.05, 0) is 59.7 Å². The van der Waals surface area contributed by atoms with E-state index in [1.54, 1.807) is 20.3 Å². The summed E-state index contributed by atoms with van der Waals surface area (Å²) in [6.45, 7) is 0.845. The number of hydrogen-bond donors (Lipinski definition) is 0. The summed E-state index contributed by atoms with van der Waals surface area (Å²) in [5.41, 5.74) is 0.588. The third kappa shape index (κ3) is 3.21. The van der Waals surface area contributed by atoms with Crippen molar-refractivity contribution in [2.75, 3.05) is 20.8 Å². The molecule has 0 spiro atoms. The van der Waals surface area contributed by atoms with Gasteiger partial charge in [-0.25, -0.2) is 0 Å². The molecule has 0 bridgehead atoms. The monoisotopic (exact) mass is 381 g/mol. The van der Waals surface area contributed by atoms with Crippen LogP contribution in [0.2, 0.25) is 0 Å². The Morgan fingerprint density at radius 2 is 1.87 bits per heavy atom. The minimum absolute atomic E-state index is 0.0676. The fourth-order valence-corrected chi connectivity index (χ4v) is 4.69. The molecule has 0 unspecified atom stereocenters. The van der Waals surface area contributed by atoms with Crippen LogP contribution in [0.5, 0.6) is 11.5 Å². The van der Waals surface area contributed by atoms with Crippen LogP contribution in [0, 0.1) is 5.92 Å². The lowest BCUT2D eigenvalue weighted by Crippen LogP contribution is -2.49. The molecule has 0 aromatic heterocycles. The SMILES string of the molecule is COc1cc(Br)c(OC)c(C(=O)N2CCC[C@@H]3CCCC[C@H]32)c1. The molecular formula is C18H24BrNO3. The Balaban J connectivity index is 1.94. The van der Waals surface area contributed by atoms with Gasteiger partial charge in [0.1, 0.15) is 11.5 Å². The standard InChI is InChI=1S/C18H24BrNO3/c1-22-13-10-14(17(23-2)15(19)11-13)18(21)20-9-5-7-12-6-3-4-8-16(12)20/h10-12,16H,3-9H2,1-2H3/t12-,16+/m0/s1. The maximum absolute atomic E-state index is 13.2. The lowest BCUT2D eigenvalue weighted by Gasteiger charge is -2.44. The van der Waals surface area contributed by atoms with Gasteiger partial charge in [-0.3, -0.25) is 4.79 Å². The molecule has 1 aromatic carbocycles. The lowest BCUT2D eigenvalue weighted by atomic mass is 9.78. The molecule has 23 heavy (non-hydrogen) atoms. The molecule has 2 atom stereocenters. The van der Waals surface area contributed by atoms with E-state index in [1.165, 1.54) is 25.7 Å². The van der Waals surface area contributed by atoms with Gasteiger partial charge < -0.3 is 14.4 Å². The third-order valence-electron chi connectivity index (χ3n) is 5.19. The van der Waals surface area contributed by atoms with Crippen molar-refractivity contribution in [1.82, 2.24) is 4.90 Å². The van der Waals surface area contributed by atoms with Crippen LogP contribution < -0.4 is 9.47 Å². The molecule has 3 rings (SSSR count). The maximum Gasteiger partial charge on any atom is 0.258 e. The highest BCUT2D eigenvalue weighted by Gasteiger charge is 2.37. The third-order valence-corrected chi connectivity index (χ3v) is 5.78. The van der Waals surface area contributed by atoms with Crippen LogP contribution in [0.3, 0.4) is 0 Å². The van der Waals surface area contributed by atoms with Crippen LogP contribution in [0.15, 0.2) is 16.6 Å². The molecule has 1 amide bonds. The molecule has 1 aromatic rings. The van der Waals surface area contributed by atoms with Crippen molar-refractivity contribution < 1.29 is 14.3 Å². The van der Waals surface area contributed by atoms with E-state index < -0.39 is 0 Å². The van der Waals surface area contributed by atoms with Crippen LogP contribution in [0.4, 0.5) is 0 Å².